The lowest BCUT2D eigenvalue weighted by molar-refractivity contribution is -0.116. The Hall–Kier alpha value is -4.08. The van der Waals surface area contributed by atoms with Crippen molar-refractivity contribution in [1.82, 2.24) is 0 Å². The lowest BCUT2D eigenvalue weighted by Gasteiger charge is -2.15. The molecule has 0 saturated carbocycles. The Bertz CT molecular complexity index is 855. The van der Waals surface area contributed by atoms with E-state index in [4.69, 9.17) is 21.5 Å². The van der Waals surface area contributed by atoms with Crippen LogP contribution in [0.2, 0.25) is 0 Å². The normalized spacial score (nSPS) is 10.7. The highest BCUT2D eigenvalue weighted by Crippen LogP contribution is 2.14. The number of hydrogen-bond acceptors (Lipinski definition) is 5. The summed E-state index contributed by atoms with van der Waals surface area (Å²) in [6.45, 7) is 1.45. The fourth-order valence-corrected chi connectivity index (χ4v) is 1.78. The molecule has 122 valence electrons. The standard InChI is InChI=1S/C19H15N5O/c1-15(25)24(18-9-5-2-6-10-18)11-7-3-4-8-16(12-20)19(23)17(13-21)14-22/h2-11H,23H2,1H3/b4-3+,11-7+,16-8+. The third-order valence-corrected chi connectivity index (χ3v) is 3.00. The number of amides is 1. The van der Waals surface area contributed by atoms with E-state index in [9.17, 15) is 4.79 Å². The number of nitrogens with zero attached hydrogens (tertiary/aromatic N) is 4. The number of nitriles is 3. The van der Waals surface area contributed by atoms with E-state index >= 15 is 0 Å². The maximum absolute atomic E-state index is 11.7. The highest BCUT2D eigenvalue weighted by molar-refractivity contribution is 5.93. The predicted octanol–water partition coefficient (Wildman–Crippen LogP) is 2.82. The number of carbonyl (C=O) groups excluding carboxylic acids is 1. The Morgan fingerprint density at radius 1 is 1.04 bits per heavy atom. The molecular weight excluding hydrogens is 314 g/mol. The molecular formula is C19H15N5O. The topological polar surface area (TPSA) is 118 Å². The minimum atomic E-state index is -0.316. The third kappa shape index (κ3) is 5.56. The van der Waals surface area contributed by atoms with Crippen LogP contribution in [0.25, 0.3) is 0 Å². The maximum Gasteiger partial charge on any atom is 0.227 e. The van der Waals surface area contributed by atoms with E-state index in [1.54, 1.807) is 42.6 Å². The van der Waals surface area contributed by atoms with Gasteiger partial charge >= 0.3 is 0 Å². The molecule has 0 radical (unpaired) electrons. The summed E-state index contributed by atoms with van der Waals surface area (Å²) in [6.07, 6.45) is 7.72. The number of carbonyl (C=O) groups is 1. The van der Waals surface area contributed by atoms with Gasteiger partial charge in [-0.25, -0.2) is 0 Å². The quantitative estimate of drug-likeness (QED) is 0.658. The van der Waals surface area contributed by atoms with Crippen molar-refractivity contribution in [3.63, 3.8) is 0 Å². The Balaban J connectivity index is 2.95. The molecule has 1 aromatic carbocycles. The number of para-hydroxylation sites is 1. The number of allylic oxidation sites excluding steroid dienone is 6. The zero-order chi connectivity index (χ0) is 18.7. The maximum atomic E-state index is 11.7. The van der Waals surface area contributed by atoms with Crippen molar-refractivity contribution < 1.29 is 4.79 Å². The Kier molecular flexibility index (Phi) is 7.47. The van der Waals surface area contributed by atoms with Crippen LogP contribution in [0.3, 0.4) is 0 Å². The van der Waals surface area contributed by atoms with Gasteiger partial charge in [-0.2, -0.15) is 15.8 Å². The smallest absolute Gasteiger partial charge is 0.227 e. The van der Waals surface area contributed by atoms with E-state index in [1.807, 2.05) is 24.3 Å². The third-order valence-electron chi connectivity index (χ3n) is 3.00. The molecule has 0 unspecified atom stereocenters. The molecule has 2 N–H and O–H groups in total. The van der Waals surface area contributed by atoms with Crippen LogP contribution in [0.15, 0.2) is 77.7 Å². The Labute approximate surface area is 146 Å². The minimum Gasteiger partial charge on any atom is -0.396 e. The fraction of sp³-hybridized carbons (Fsp3) is 0.0526. The molecule has 0 aromatic heterocycles. The molecule has 6 heteroatoms. The molecule has 25 heavy (non-hydrogen) atoms. The number of rotatable bonds is 5. The summed E-state index contributed by atoms with van der Waals surface area (Å²) in [7, 11) is 0. The van der Waals surface area contributed by atoms with E-state index in [2.05, 4.69) is 0 Å². The molecule has 0 aliphatic heterocycles. The van der Waals surface area contributed by atoms with Crippen molar-refractivity contribution in [2.24, 2.45) is 5.73 Å². The van der Waals surface area contributed by atoms with Crippen LogP contribution < -0.4 is 10.6 Å². The van der Waals surface area contributed by atoms with Crippen molar-refractivity contribution in [3.8, 4) is 18.2 Å². The van der Waals surface area contributed by atoms with Crippen LogP contribution >= 0.6 is 0 Å². The summed E-state index contributed by atoms with van der Waals surface area (Å²) in [5.41, 5.74) is 5.86. The van der Waals surface area contributed by atoms with Gasteiger partial charge in [0.05, 0.1) is 11.3 Å². The van der Waals surface area contributed by atoms with E-state index in [0.29, 0.717) is 0 Å². The monoisotopic (exact) mass is 329 g/mol. The largest absolute Gasteiger partial charge is 0.396 e. The average molecular weight is 329 g/mol. The number of nitrogens with two attached hydrogens (primary N) is 1. The summed E-state index contributed by atoms with van der Waals surface area (Å²) >= 11 is 0. The molecule has 0 saturated heterocycles. The number of hydrogen-bond donors (Lipinski definition) is 1. The molecule has 1 aromatic rings. The van der Waals surface area contributed by atoms with Crippen LogP contribution in [0, 0.1) is 34.0 Å². The van der Waals surface area contributed by atoms with Gasteiger partial charge in [-0.3, -0.25) is 9.69 Å². The first kappa shape index (κ1) is 19.0. The molecule has 1 amide bonds. The van der Waals surface area contributed by atoms with Gasteiger partial charge in [0.15, 0.2) is 5.57 Å². The van der Waals surface area contributed by atoms with Gasteiger partial charge in [0.1, 0.15) is 18.2 Å². The molecule has 0 aliphatic carbocycles. The molecule has 0 atom stereocenters. The Morgan fingerprint density at radius 3 is 2.20 bits per heavy atom. The second kappa shape index (κ2) is 9.84. The van der Waals surface area contributed by atoms with Crippen LogP contribution in [0.1, 0.15) is 6.92 Å². The molecule has 0 spiro atoms. The molecule has 0 aliphatic rings. The second-order valence-corrected chi connectivity index (χ2v) is 4.66. The molecule has 0 fully saturated rings. The van der Waals surface area contributed by atoms with Gasteiger partial charge in [-0.15, -0.1) is 0 Å². The van der Waals surface area contributed by atoms with Crippen molar-refractivity contribution in [3.05, 3.63) is 77.7 Å². The van der Waals surface area contributed by atoms with E-state index < -0.39 is 0 Å². The van der Waals surface area contributed by atoms with E-state index in [1.165, 1.54) is 24.0 Å². The summed E-state index contributed by atoms with van der Waals surface area (Å²) in [5.74, 6) is -0.149. The van der Waals surface area contributed by atoms with Crippen LogP contribution in [-0.2, 0) is 4.79 Å². The SMILES string of the molecule is CC(=O)N(/C=C/C=C/C=C(\C#N)C(N)=C(C#N)C#N)c1ccccc1. The summed E-state index contributed by atoms with van der Waals surface area (Å²) in [6, 6.07) is 14.2. The highest BCUT2D eigenvalue weighted by atomic mass is 16.2. The highest BCUT2D eigenvalue weighted by Gasteiger charge is 2.07. The first-order chi connectivity index (χ1) is 12.0. The van der Waals surface area contributed by atoms with Gasteiger partial charge in [0, 0.05) is 18.8 Å². The lowest BCUT2D eigenvalue weighted by atomic mass is 10.1. The zero-order valence-corrected chi connectivity index (χ0v) is 13.5. The number of anilines is 1. The molecule has 0 bridgehead atoms. The van der Waals surface area contributed by atoms with Gasteiger partial charge in [-0.1, -0.05) is 30.4 Å². The zero-order valence-electron chi connectivity index (χ0n) is 13.5. The van der Waals surface area contributed by atoms with E-state index in [0.717, 1.165) is 5.69 Å². The van der Waals surface area contributed by atoms with Gasteiger partial charge < -0.3 is 5.73 Å². The van der Waals surface area contributed by atoms with Crippen LogP contribution in [0.5, 0.6) is 0 Å². The van der Waals surface area contributed by atoms with Crippen molar-refractivity contribution in [1.29, 1.82) is 15.8 Å². The summed E-state index contributed by atoms with van der Waals surface area (Å²) in [4.78, 5) is 13.2. The van der Waals surface area contributed by atoms with Crippen molar-refractivity contribution >= 4 is 11.6 Å². The first-order valence-corrected chi connectivity index (χ1v) is 7.15. The lowest BCUT2D eigenvalue weighted by Crippen LogP contribution is -2.21. The number of benzene rings is 1. The predicted molar refractivity (Wildman–Crippen MR) is 94.0 cm³/mol. The van der Waals surface area contributed by atoms with Gasteiger partial charge in [0.2, 0.25) is 5.91 Å². The fourth-order valence-electron chi connectivity index (χ4n) is 1.78. The Morgan fingerprint density at radius 2 is 1.68 bits per heavy atom. The van der Waals surface area contributed by atoms with Gasteiger partial charge in [-0.05, 0) is 24.3 Å². The molecule has 1 rings (SSSR count). The summed E-state index contributed by atoms with van der Waals surface area (Å²) in [5, 5.41) is 26.6. The summed E-state index contributed by atoms with van der Waals surface area (Å²) < 4.78 is 0. The van der Waals surface area contributed by atoms with Crippen molar-refractivity contribution in [2.75, 3.05) is 4.90 Å². The van der Waals surface area contributed by atoms with Crippen molar-refractivity contribution in [2.45, 2.75) is 6.92 Å². The second-order valence-electron chi connectivity index (χ2n) is 4.66. The molecule has 6 nitrogen and oxygen atoms in total. The average Bonchev–Trinajstić information content (AvgIpc) is 2.62. The molecule has 0 heterocycles. The minimum absolute atomic E-state index is 0.00855. The van der Waals surface area contributed by atoms with Gasteiger partial charge in [0.25, 0.3) is 0 Å². The van der Waals surface area contributed by atoms with E-state index in [-0.39, 0.29) is 22.8 Å². The van der Waals surface area contributed by atoms with Crippen LogP contribution in [-0.4, -0.2) is 5.91 Å². The first-order valence-electron chi connectivity index (χ1n) is 7.15. The van der Waals surface area contributed by atoms with Crippen LogP contribution in [0.4, 0.5) is 5.69 Å².